The Morgan fingerprint density at radius 3 is 2.36 bits per heavy atom. The summed E-state index contributed by atoms with van der Waals surface area (Å²) in [4.78, 5) is 0. The van der Waals surface area contributed by atoms with Gasteiger partial charge in [-0.15, -0.1) is 6.42 Å². The van der Waals surface area contributed by atoms with Crippen molar-refractivity contribution < 1.29 is 5.11 Å². The van der Waals surface area contributed by atoms with Crippen LogP contribution in [0.4, 0.5) is 0 Å². The first-order valence-electron chi connectivity index (χ1n) is 4.18. The number of hydrogen-bond donors (Lipinski definition) is 1. The van der Waals surface area contributed by atoms with Crippen molar-refractivity contribution in [3.8, 4) is 12.3 Å². The molecule has 0 aromatic rings. The van der Waals surface area contributed by atoms with Crippen LogP contribution in [-0.2, 0) is 0 Å². The molecule has 62 valence electrons. The quantitative estimate of drug-likeness (QED) is 0.526. The Labute approximate surface area is 68.8 Å². The maximum Gasteiger partial charge on any atom is 0.125 e. The fraction of sp³-hybridized carbons (Fsp3) is 0.800. The van der Waals surface area contributed by atoms with Crippen LogP contribution in [0.5, 0.6) is 0 Å². The summed E-state index contributed by atoms with van der Waals surface area (Å²) in [6.45, 7) is 4.32. The van der Waals surface area contributed by atoms with Crippen LogP contribution < -0.4 is 0 Å². The van der Waals surface area contributed by atoms with Crippen molar-refractivity contribution in [1.82, 2.24) is 0 Å². The Morgan fingerprint density at radius 1 is 1.36 bits per heavy atom. The largest absolute Gasteiger partial charge is 0.378 e. The van der Waals surface area contributed by atoms with Gasteiger partial charge in [-0.1, -0.05) is 19.8 Å². The van der Waals surface area contributed by atoms with E-state index in [0.717, 1.165) is 19.3 Å². The molecule has 0 bridgehead atoms. The zero-order chi connectivity index (χ0) is 8.54. The molecule has 11 heavy (non-hydrogen) atoms. The summed E-state index contributed by atoms with van der Waals surface area (Å²) in [7, 11) is 0. The second-order valence-corrected chi connectivity index (χ2v) is 4.37. The molecule has 1 fully saturated rings. The molecule has 1 atom stereocenters. The van der Waals surface area contributed by atoms with Crippen molar-refractivity contribution in [1.29, 1.82) is 0 Å². The summed E-state index contributed by atoms with van der Waals surface area (Å²) in [5.41, 5.74) is -0.596. The Hall–Kier alpha value is -0.480. The Morgan fingerprint density at radius 2 is 2.00 bits per heavy atom. The van der Waals surface area contributed by atoms with E-state index < -0.39 is 5.60 Å². The molecule has 1 rings (SSSR count). The average Bonchev–Trinajstić information content (AvgIpc) is 1.85. The van der Waals surface area contributed by atoms with Gasteiger partial charge in [0.05, 0.1) is 0 Å². The van der Waals surface area contributed by atoms with Gasteiger partial charge in [-0.05, 0) is 31.1 Å². The third kappa shape index (κ3) is 1.97. The Balaban J connectivity index is 2.69. The van der Waals surface area contributed by atoms with E-state index in [1.54, 1.807) is 0 Å². The van der Waals surface area contributed by atoms with E-state index >= 15 is 0 Å². The van der Waals surface area contributed by atoms with E-state index in [9.17, 15) is 5.11 Å². The van der Waals surface area contributed by atoms with Crippen molar-refractivity contribution >= 4 is 0 Å². The molecule has 1 nitrogen and oxygen atoms in total. The van der Waals surface area contributed by atoms with Gasteiger partial charge in [-0.3, -0.25) is 0 Å². The predicted octanol–water partition coefficient (Wildman–Crippen LogP) is 1.95. The highest BCUT2D eigenvalue weighted by molar-refractivity contribution is 5.10. The molecule has 1 saturated carbocycles. The van der Waals surface area contributed by atoms with Crippen LogP contribution in [0.2, 0.25) is 0 Å². The lowest BCUT2D eigenvalue weighted by Gasteiger charge is -2.38. The van der Waals surface area contributed by atoms with Gasteiger partial charge < -0.3 is 5.11 Å². The summed E-state index contributed by atoms with van der Waals surface area (Å²) in [6.07, 6.45) is 9.00. The monoisotopic (exact) mass is 152 g/mol. The molecule has 0 heterocycles. The first kappa shape index (κ1) is 8.62. The van der Waals surface area contributed by atoms with Gasteiger partial charge in [-0.25, -0.2) is 0 Å². The molecular weight excluding hydrogens is 136 g/mol. The van der Waals surface area contributed by atoms with E-state index in [4.69, 9.17) is 6.42 Å². The predicted molar refractivity (Wildman–Crippen MR) is 46.0 cm³/mol. The minimum Gasteiger partial charge on any atom is -0.378 e. The first-order valence-corrected chi connectivity index (χ1v) is 4.18. The van der Waals surface area contributed by atoms with Crippen LogP contribution in [0.1, 0.15) is 39.5 Å². The molecule has 0 spiro atoms. The molecular formula is C10H16O. The lowest BCUT2D eigenvalue weighted by Crippen LogP contribution is -2.37. The lowest BCUT2D eigenvalue weighted by molar-refractivity contribution is 0.00937. The molecule has 0 amide bonds. The fourth-order valence-electron chi connectivity index (χ4n) is 1.95. The van der Waals surface area contributed by atoms with Crippen LogP contribution >= 0.6 is 0 Å². The molecule has 1 unspecified atom stereocenters. The minimum absolute atomic E-state index is 0.222. The molecule has 1 N–H and O–H groups in total. The van der Waals surface area contributed by atoms with Crippen LogP contribution in [0.3, 0.4) is 0 Å². The number of terminal acetylenes is 1. The van der Waals surface area contributed by atoms with Crippen molar-refractivity contribution in [2.24, 2.45) is 5.41 Å². The number of hydrogen-bond acceptors (Lipinski definition) is 1. The highest BCUT2D eigenvalue weighted by Crippen LogP contribution is 2.40. The third-order valence-corrected chi connectivity index (χ3v) is 2.48. The second-order valence-electron chi connectivity index (χ2n) is 4.37. The van der Waals surface area contributed by atoms with Crippen molar-refractivity contribution in [3.05, 3.63) is 0 Å². The molecule has 1 aliphatic rings. The lowest BCUT2D eigenvalue weighted by atomic mass is 9.70. The molecule has 0 aromatic carbocycles. The Kier molecular flexibility index (Phi) is 1.98. The maximum atomic E-state index is 9.78. The molecule has 0 radical (unpaired) electrons. The third-order valence-electron chi connectivity index (χ3n) is 2.48. The zero-order valence-electron chi connectivity index (χ0n) is 7.35. The van der Waals surface area contributed by atoms with Gasteiger partial charge in [0, 0.05) is 0 Å². The Bertz CT molecular complexity index is 188. The summed E-state index contributed by atoms with van der Waals surface area (Å²) in [6, 6.07) is 0. The van der Waals surface area contributed by atoms with Gasteiger partial charge in [0.1, 0.15) is 5.60 Å². The summed E-state index contributed by atoms with van der Waals surface area (Å²) in [5.74, 6) is 2.49. The number of aliphatic hydroxyl groups is 1. The zero-order valence-corrected chi connectivity index (χ0v) is 7.35. The van der Waals surface area contributed by atoms with Crippen LogP contribution in [-0.4, -0.2) is 10.7 Å². The fourth-order valence-corrected chi connectivity index (χ4v) is 1.95. The number of rotatable bonds is 0. The van der Waals surface area contributed by atoms with E-state index in [2.05, 4.69) is 19.8 Å². The summed E-state index contributed by atoms with van der Waals surface area (Å²) in [5, 5.41) is 9.78. The summed E-state index contributed by atoms with van der Waals surface area (Å²) < 4.78 is 0. The topological polar surface area (TPSA) is 20.2 Å². The molecule has 1 heteroatoms. The van der Waals surface area contributed by atoms with Crippen LogP contribution in [0.25, 0.3) is 0 Å². The van der Waals surface area contributed by atoms with Gasteiger partial charge in [0.25, 0.3) is 0 Å². The van der Waals surface area contributed by atoms with Gasteiger partial charge in [-0.2, -0.15) is 0 Å². The molecule has 0 aromatic heterocycles. The second kappa shape index (κ2) is 2.53. The van der Waals surface area contributed by atoms with E-state index in [1.807, 2.05) is 0 Å². The van der Waals surface area contributed by atoms with Crippen molar-refractivity contribution in [2.75, 3.05) is 0 Å². The molecule has 1 aliphatic carbocycles. The van der Waals surface area contributed by atoms with Crippen LogP contribution in [0.15, 0.2) is 0 Å². The standard InChI is InChI=1S/C10H16O/c1-4-10(11)7-5-6-9(2,3)8-10/h1,11H,5-8H2,2-3H3. The van der Waals surface area contributed by atoms with Crippen molar-refractivity contribution in [2.45, 2.75) is 45.1 Å². The van der Waals surface area contributed by atoms with E-state index in [-0.39, 0.29) is 5.41 Å². The SMILES string of the molecule is C#CC1(O)CCCC(C)(C)C1. The van der Waals surface area contributed by atoms with E-state index in [1.165, 1.54) is 6.42 Å². The first-order chi connectivity index (χ1) is 4.97. The van der Waals surface area contributed by atoms with Gasteiger partial charge in [0.15, 0.2) is 0 Å². The summed E-state index contributed by atoms with van der Waals surface area (Å²) >= 11 is 0. The van der Waals surface area contributed by atoms with Gasteiger partial charge in [0.2, 0.25) is 0 Å². The normalized spacial score (nSPS) is 36.2. The van der Waals surface area contributed by atoms with Gasteiger partial charge >= 0.3 is 0 Å². The van der Waals surface area contributed by atoms with Crippen LogP contribution in [0, 0.1) is 17.8 Å². The highest BCUT2D eigenvalue weighted by Gasteiger charge is 2.36. The average molecular weight is 152 g/mol. The molecule has 0 aliphatic heterocycles. The maximum absolute atomic E-state index is 9.78. The van der Waals surface area contributed by atoms with E-state index in [0.29, 0.717) is 0 Å². The minimum atomic E-state index is -0.818. The smallest absolute Gasteiger partial charge is 0.125 e. The van der Waals surface area contributed by atoms with Crippen molar-refractivity contribution in [3.63, 3.8) is 0 Å². The highest BCUT2D eigenvalue weighted by atomic mass is 16.3. The molecule has 0 saturated heterocycles.